The van der Waals surface area contributed by atoms with Crippen LogP contribution in [0.4, 0.5) is 0 Å². The molecule has 1 fully saturated rings. The Morgan fingerprint density at radius 3 is 2.31 bits per heavy atom. The summed E-state index contributed by atoms with van der Waals surface area (Å²) in [7, 11) is 4.66. The number of rotatable bonds is 6. The number of carbonyl (C=O) groups is 1. The Morgan fingerprint density at radius 2 is 1.69 bits per heavy atom. The zero-order valence-electron chi connectivity index (χ0n) is 18.5. The number of hydrogen-bond donors (Lipinski definition) is 1. The molecule has 1 N–H and O–H groups in total. The molecule has 0 bridgehead atoms. The van der Waals surface area contributed by atoms with Gasteiger partial charge in [0.25, 0.3) is 0 Å². The molecule has 0 atom stereocenters. The highest BCUT2D eigenvalue weighted by Crippen LogP contribution is 2.38. The number of aromatic nitrogens is 2. The predicted molar refractivity (Wildman–Crippen MR) is 123 cm³/mol. The van der Waals surface area contributed by atoms with Crippen molar-refractivity contribution in [2.24, 2.45) is 0 Å². The minimum atomic E-state index is -0.0988. The van der Waals surface area contributed by atoms with Gasteiger partial charge in [0.2, 0.25) is 11.7 Å². The van der Waals surface area contributed by atoms with E-state index in [2.05, 4.69) is 4.98 Å². The first kappa shape index (κ1) is 21.5. The number of nitrogens with one attached hydrogen (secondary N) is 1. The van der Waals surface area contributed by atoms with Gasteiger partial charge in [-0.3, -0.25) is 9.36 Å². The molecule has 1 aliphatic heterocycles. The molecule has 0 radical (unpaired) electrons. The highest BCUT2D eigenvalue weighted by Gasteiger charge is 2.25. The molecular weight excluding hydrogens is 410 g/mol. The van der Waals surface area contributed by atoms with E-state index in [-0.39, 0.29) is 17.6 Å². The average Bonchev–Trinajstić information content (AvgIpc) is 3.17. The number of aromatic amines is 1. The summed E-state index contributed by atoms with van der Waals surface area (Å²) < 4.78 is 17.9. The van der Waals surface area contributed by atoms with Gasteiger partial charge in [-0.05, 0) is 48.7 Å². The molecule has 0 saturated carbocycles. The van der Waals surface area contributed by atoms with E-state index < -0.39 is 0 Å². The Bertz CT molecular complexity index is 1180. The molecule has 1 amide bonds. The topological polar surface area (TPSA) is 85.8 Å². The number of hydrogen-bond acceptors (Lipinski definition) is 5. The van der Waals surface area contributed by atoms with Crippen molar-refractivity contribution in [2.45, 2.75) is 18.9 Å². The van der Waals surface area contributed by atoms with Crippen LogP contribution in [-0.2, 0) is 4.79 Å². The van der Waals surface area contributed by atoms with Crippen molar-refractivity contribution in [3.05, 3.63) is 58.5 Å². The Labute approximate surface area is 186 Å². The Hall–Kier alpha value is -3.68. The second-order valence-corrected chi connectivity index (χ2v) is 7.67. The lowest BCUT2D eigenvalue weighted by Crippen LogP contribution is -2.39. The predicted octanol–water partition coefficient (Wildman–Crippen LogP) is 3.23. The zero-order chi connectivity index (χ0) is 22.7. The maximum atomic E-state index is 12.8. The van der Waals surface area contributed by atoms with Gasteiger partial charge in [-0.15, -0.1) is 0 Å². The summed E-state index contributed by atoms with van der Waals surface area (Å²) in [5.41, 5.74) is 2.42. The van der Waals surface area contributed by atoms with E-state index in [4.69, 9.17) is 14.2 Å². The van der Waals surface area contributed by atoms with Crippen LogP contribution in [0.15, 0.2) is 47.3 Å². The van der Waals surface area contributed by atoms with Gasteiger partial charge in [0, 0.05) is 25.2 Å². The van der Waals surface area contributed by atoms with E-state index in [9.17, 15) is 9.59 Å². The van der Waals surface area contributed by atoms with Crippen LogP contribution in [0, 0.1) is 0 Å². The lowest BCUT2D eigenvalue weighted by Gasteiger charge is -2.32. The highest BCUT2D eigenvalue weighted by molar-refractivity contribution is 5.92. The molecule has 32 heavy (non-hydrogen) atoms. The number of para-hydroxylation sites is 2. The standard InChI is InChI=1S/C24H27N3O5/c1-30-20-14-16(15-21(31-2)23(20)32-3)8-9-22(28)26-12-10-17(11-13-26)27-19-7-5-4-6-18(19)25-24(27)29/h4-9,14-15,17H,10-13H2,1-3H3,(H,25,29). The summed E-state index contributed by atoms with van der Waals surface area (Å²) in [6.07, 6.45) is 4.75. The first-order valence-electron chi connectivity index (χ1n) is 10.5. The van der Waals surface area contributed by atoms with Crippen molar-refractivity contribution in [2.75, 3.05) is 34.4 Å². The number of amides is 1. The minimum absolute atomic E-state index is 0.0662. The summed E-state index contributed by atoms with van der Waals surface area (Å²) in [6.45, 7) is 1.18. The number of carbonyl (C=O) groups excluding carboxylic acids is 1. The van der Waals surface area contributed by atoms with E-state index in [1.165, 1.54) is 0 Å². The third-order valence-electron chi connectivity index (χ3n) is 5.87. The monoisotopic (exact) mass is 437 g/mol. The van der Waals surface area contributed by atoms with Gasteiger partial charge in [0.1, 0.15) is 0 Å². The normalized spacial score (nSPS) is 14.8. The molecule has 0 spiro atoms. The number of fused-ring (bicyclic) bond motifs is 1. The van der Waals surface area contributed by atoms with Gasteiger partial charge < -0.3 is 24.1 Å². The fourth-order valence-electron chi connectivity index (χ4n) is 4.25. The second-order valence-electron chi connectivity index (χ2n) is 7.67. The van der Waals surface area contributed by atoms with Crippen molar-refractivity contribution in [3.8, 4) is 17.2 Å². The van der Waals surface area contributed by atoms with Crippen LogP contribution in [-0.4, -0.2) is 54.8 Å². The van der Waals surface area contributed by atoms with Gasteiger partial charge >= 0.3 is 5.69 Å². The fourth-order valence-corrected chi connectivity index (χ4v) is 4.25. The van der Waals surface area contributed by atoms with Crippen LogP contribution < -0.4 is 19.9 Å². The molecule has 2 heterocycles. The number of H-pyrrole nitrogens is 1. The van der Waals surface area contributed by atoms with Crippen molar-refractivity contribution in [1.82, 2.24) is 14.5 Å². The summed E-state index contributed by atoms with van der Waals surface area (Å²) >= 11 is 0. The molecule has 1 aliphatic rings. The number of ether oxygens (including phenoxy) is 3. The molecule has 168 valence electrons. The Morgan fingerprint density at radius 1 is 1.03 bits per heavy atom. The van der Waals surface area contributed by atoms with Gasteiger partial charge in [-0.25, -0.2) is 4.79 Å². The Balaban J connectivity index is 1.44. The van der Waals surface area contributed by atoms with E-state index in [0.717, 1.165) is 29.4 Å². The van der Waals surface area contributed by atoms with Crippen LogP contribution in [0.1, 0.15) is 24.4 Å². The van der Waals surface area contributed by atoms with E-state index in [0.29, 0.717) is 30.3 Å². The van der Waals surface area contributed by atoms with Gasteiger partial charge in [-0.1, -0.05) is 12.1 Å². The quantitative estimate of drug-likeness (QED) is 0.599. The summed E-state index contributed by atoms with van der Waals surface area (Å²) in [5.74, 6) is 1.50. The molecule has 2 aromatic carbocycles. The van der Waals surface area contributed by atoms with Crippen LogP contribution in [0.25, 0.3) is 17.1 Å². The number of piperidine rings is 1. The van der Waals surface area contributed by atoms with Crippen molar-refractivity contribution < 1.29 is 19.0 Å². The molecule has 1 saturated heterocycles. The lowest BCUT2D eigenvalue weighted by molar-refractivity contribution is -0.127. The summed E-state index contributed by atoms with van der Waals surface area (Å²) in [6, 6.07) is 11.3. The zero-order valence-corrected chi connectivity index (χ0v) is 18.5. The number of benzene rings is 2. The molecule has 1 aromatic heterocycles. The summed E-state index contributed by atoms with van der Waals surface area (Å²) in [5, 5.41) is 0. The van der Waals surface area contributed by atoms with Crippen molar-refractivity contribution >= 4 is 23.0 Å². The third-order valence-corrected chi connectivity index (χ3v) is 5.87. The Kier molecular flexibility index (Phi) is 6.20. The first-order valence-corrected chi connectivity index (χ1v) is 10.5. The van der Waals surface area contributed by atoms with Gasteiger partial charge in [-0.2, -0.15) is 0 Å². The molecular formula is C24H27N3O5. The highest BCUT2D eigenvalue weighted by atomic mass is 16.5. The largest absolute Gasteiger partial charge is 0.493 e. The van der Waals surface area contributed by atoms with Crippen molar-refractivity contribution in [3.63, 3.8) is 0 Å². The van der Waals surface area contributed by atoms with Gasteiger partial charge in [0.05, 0.1) is 32.4 Å². The third kappa shape index (κ3) is 4.08. The summed E-state index contributed by atoms with van der Waals surface area (Å²) in [4.78, 5) is 29.9. The maximum Gasteiger partial charge on any atom is 0.326 e. The first-order chi connectivity index (χ1) is 15.5. The minimum Gasteiger partial charge on any atom is -0.493 e. The molecule has 4 rings (SSSR count). The number of methoxy groups -OCH3 is 3. The van der Waals surface area contributed by atoms with Crippen molar-refractivity contribution in [1.29, 1.82) is 0 Å². The molecule has 8 heteroatoms. The maximum absolute atomic E-state index is 12.8. The molecule has 0 unspecified atom stereocenters. The number of imidazole rings is 1. The van der Waals surface area contributed by atoms with Crippen LogP contribution >= 0.6 is 0 Å². The number of likely N-dealkylation sites (tertiary alicyclic amines) is 1. The second kappa shape index (κ2) is 9.21. The molecule has 0 aliphatic carbocycles. The van der Waals surface area contributed by atoms with Gasteiger partial charge in [0.15, 0.2) is 11.5 Å². The van der Waals surface area contributed by atoms with E-state index in [1.54, 1.807) is 45.6 Å². The van der Waals surface area contributed by atoms with Crippen LogP contribution in [0.2, 0.25) is 0 Å². The molecule has 3 aromatic rings. The molecule has 8 nitrogen and oxygen atoms in total. The van der Waals surface area contributed by atoms with E-state index >= 15 is 0 Å². The van der Waals surface area contributed by atoms with E-state index in [1.807, 2.05) is 33.7 Å². The van der Waals surface area contributed by atoms with Crippen LogP contribution in [0.3, 0.4) is 0 Å². The SMILES string of the molecule is COc1cc(C=CC(=O)N2CCC(n3c(=O)[nH]c4ccccc43)CC2)cc(OC)c1OC. The fraction of sp³-hybridized carbons (Fsp3) is 0.333. The number of nitrogens with zero attached hydrogens (tertiary/aromatic N) is 2. The smallest absolute Gasteiger partial charge is 0.326 e. The lowest BCUT2D eigenvalue weighted by atomic mass is 10.0. The van der Waals surface area contributed by atoms with Crippen LogP contribution in [0.5, 0.6) is 17.2 Å². The average molecular weight is 437 g/mol.